The monoisotopic (exact) mass is 424 g/mol. The van der Waals surface area contributed by atoms with Crippen LogP contribution in [-0.2, 0) is 4.79 Å². The lowest BCUT2D eigenvalue weighted by molar-refractivity contribution is -0.122. The molecule has 10 heteroatoms. The summed E-state index contributed by atoms with van der Waals surface area (Å²) in [7, 11) is 0. The largest absolute Gasteiger partial charge is 0.350 e. The van der Waals surface area contributed by atoms with Crippen LogP contribution in [0.15, 0.2) is 41.3 Å². The second kappa shape index (κ2) is 8.48. The molecule has 0 radical (unpaired) electrons. The average molecular weight is 424 g/mol. The summed E-state index contributed by atoms with van der Waals surface area (Å²) in [5.74, 6) is -9.46. The van der Waals surface area contributed by atoms with Crippen molar-refractivity contribution in [1.82, 2.24) is 10.2 Å². The first-order valence-corrected chi connectivity index (χ1v) is 9.03. The topological polar surface area (TPSA) is 66.5 Å². The van der Waals surface area contributed by atoms with E-state index in [-0.39, 0.29) is 24.1 Å². The van der Waals surface area contributed by atoms with Gasteiger partial charge in [-0.2, -0.15) is 0 Å². The minimum atomic E-state index is -2.10. The Labute approximate surface area is 166 Å². The van der Waals surface area contributed by atoms with E-state index in [0.29, 0.717) is 0 Å². The second-order valence-electron chi connectivity index (χ2n) is 5.85. The van der Waals surface area contributed by atoms with Crippen molar-refractivity contribution in [1.29, 1.82) is 0 Å². The van der Waals surface area contributed by atoms with Crippen LogP contribution in [0.1, 0.15) is 15.9 Å². The molecule has 3 amide bonds. The summed E-state index contributed by atoms with van der Waals surface area (Å²) in [5, 5.41) is 1.58. The lowest BCUT2D eigenvalue weighted by atomic mass is 10.1. The maximum Gasteiger partial charge on any atom is 0.293 e. The number of imide groups is 1. The van der Waals surface area contributed by atoms with Gasteiger partial charge in [0.15, 0.2) is 23.3 Å². The van der Waals surface area contributed by atoms with E-state index >= 15 is 0 Å². The van der Waals surface area contributed by atoms with Crippen molar-refractivity contribution in [3.8, 4) is 0 Å². The molecule has 2 aromatic carbocycles. The molecule has 1 aliphatic heterocycles. The SMILES string of the molecule is O=C(NCCN1C(=O)S/C(=C\c2ccccc2)C1=O)c1cc(F)c(F)c(F)c1F. The van der Waals surface area contributed by atoms with Gasteiger partial charge in [-0.1, -0.05) is 30.3 Å². The number of hydrogen-bond donors (Lipinski definition) is 1. The zero-order chi connectivity index (χ0) is 21.1. The van der Waals surface area contributed by atoms with Gasteiger partial charge in [-0.25, -0.2) is 17.6 Å². The van der Waals surface area contributed by atoms with Gasteiger partial charge in [0.1, 0.15) is 0 Å². The number of halogens is 4. The number of thioether (sulfide) groups is 1. The summed E-state index contributed by atoms with van der Waals surface area (Å²) >= 11 is 0.725. The first-order chi connectivity index (χ1) is 13.8. The number of carbonyl (C=O) groups is 3. The predicted octanol–water partition coefficient (Wildman–Crippen LogP) is 3.71. The normalized spacial score (nSPS) is 15.3. The zero-order valence-electron chi connectivity index (χ0n) is 14.5. The molecule has 1 aliphatic rings. The van der Waals surface area contributed by atoms with Gasteiger partial charge < -0.3 is 5.32 Å². The molecule has 0 spiro atoms. The Morgan fingerprint density at radius 1 is 1.03 bits per heavy atom. The third-order valence-electron chi connectivity index (χ3n) is 3.94. The number of amides is 3. The van der Waals surface area contributed by atoms with Gasteiger partial charge in [-0.05, 0) is 29.5 Å². The minimum Gasteiger partial charge on any atom is -0.350 e. The Kier molecular flexibility index (Phi) is 6.02. The third kappa shape index (κ3) is 4.32. The van der Waals surface area contributed by atoms with Gasteiger partial charge in [-0.3, -0.25) is 19.3 Å². The molecular weight excluding hydrogens is 412 g/mol. The molecular formula is C19H12F4N2O3S. The molecule has 0 unspecified atom stereocenters. The molecule has 3 rings (SSSR count). The van der Waals surface area contributed by atoms with Crippen LogP contribution in [0.5, 0.6) is 0 Å². The van der Waals surface area contributed by atoms with Crippen LogP contribution in [0.25, 0.3) is 6.08 Å². The van der Waals surface area contributed by atoms with Crippen LogP contribution in [0.4, 0.5) is 22.4 Å². The van der Waals surface area contributed by atoms with Crippen LogP contribution in [-0.4, -0.2) is 35.0 Å². The third-order valence-corrected chi connectivity index (χ3v) is 4.85. The molecule has 0 bridgehead atoms. The zero-order valence-corrected chi connectivity index (χ0v) is 15.4. The highest BCUT2D eigenvalue weighted by Gasteiger charge is 2.34. The second-order valence-corrected chi connectivity index (χ2v) is 6.84. The van der Waals surface area contributed by atoms with Crippen LogP contribution in [0.3, 0.4) is 0 Å². The molecule has 2 aromatic rings. The van der Waals surface area contributed by atoms with Crippen molar-refractivity contribution >= 4 is 34.9 Å². The average Bonchev–Trinajstić information content (AvgIpc) is 2.97. The molecule has 1 N–H and O–H groups in total. The van der Waals surface area contributed by atoms with E-state index in [1.54, 1.807) is 36.4 Å². The molecule has 5 nitrogen and oxygen atoms in total. The summed E-state index contributed by atoms with van der Waals surface area (Å²) in [5.41, 5.74) is -0.304. The number of rotatable bonds is 5. The van der Waals surface area contributed by atoms with Gasteiger partial charge in [0, 0.05) is 13.1 Å². The van der Waals surface area contributed by atoms with E-state index in [9.17, 15) is 31.9 Å². The molecule has 0 aromatic heterocycles. The molecule has 0 saturated carbocycles. The van der Waals surface area contributed by atoms with Gasteiger partial charge >= 0.3 is 0 Å². The highest BCUT2D eigenvalue weighted by atomic mass is 32.2. The lowest BCUT2D eigenvalue weighted by Gasteiger charge is -2.13. The van der Waals surface area contributed by atoms with Crippen molar-refractivity contribution in [2.45, 2.75) is 0 Å². The maximum absolute atomic E-state index is 13.6. The Morgan fingerprint density at radius 2 is 1.72 bits per heavy atom. The van der Waals surface area contributed by atoms with Gasteiger partial charge in [-0.15, -0.1) is 0 Å². The lowest BCUT2D eigenvalue weighted by Crippen LogP contribution is -2.37. The van der Waals surface area contributed by atoms with Crippen molar-refractivity contribution < 1.29 is 31.9 Å². The van der Waals surface area contributed by atoms with E-state index < -0.39 is 45.9 Å². The summed E-state index contributed by atoms with van der Waals surface area (Å²) in [6.45, 7) is -0.536. The number of nitrogens with one attached hydrogen (secondary N) is 1. The maximum atomic E-state index is 13.6. The van der Waals surface area contributed by atoms with E-state index in [2.05, 4.69) is 5.32 Å². The molecule has 150 valence electrons. The number of hydrogen-bond acceptors (Lipinski definition) is 4. The quantitative estimate of drug-likeness (QED) is 0.344. The van der Waals surface area contributed by atoms with Crippen molar-refractivity contribution in [3.63, 3.8) is 0 Å². The molecule has 29 heavy (non-hydrogen) atoms. The fourth-order valence-corrected chi connectivity index (χ4v) is 3.37. The Morgan fingerprint density at radius 3 is 2.41 bits per heavy atom. The standard InChI is InChI=1S/C19H12F4N2O3S/c20-12-9-11(14(21)16(23)15(12)22)17(26)24-6-7-25-18(27)13(29-19(25)28)8-10-4-2-1-3-5-10/h1-5,8-9H,6-7H2,(H,24,26)/b13-8-. The Balaban J connectivity index is 1.64. The van der Waals surface area contributed by atoms with Crippen LogP contribution >= 0.6 is 11.8 Å². The van der Waals surface area contributed by atoms with Gasteiger partial charge in [0.2, 0.25) is 0 Å². The number of benzene rings is 2. The van der Waals surface area contributed by atoms with Crippen molar-refractivity contribution in [3.05, 3.63) is 75.7 Å². The fraction of sp³-hybridized carbons (Fsp3) is 0.105. The highest BCUT2D eigenvalue weighted by Crippen LogP contribution is 2.31. The Hall–Kier alpha value is -3.14. The van der Waals surface area contributed by atoms with Crippen LogP contribution in [0.2, 0.25) is 0 Å². The van der Waals surface area contributed by atoms with Crippen LogP contribution in [0, 0.1) is 23.3 Å². The smallest absolute Gasteiger partial charge is 0.293 e. The van der Waals surface area contributed by atoms with Crippen molar-refractivity contribution in [2.75, 3.05) is 13.1 Å². The van der Waals surface area contributed by atoms with E-state index in [1.165, 1.54) is 0 Å². The molecule has 1 saturated heterocycles. The molecule has 1 fully saturated rings. The van der Waals surface area contributed by atoms with Gasteiger partial charge in [0.05, 0.1) is 10.5 Å². The Bertz CT molecular complexity index is 1030. The highest BCUT2D eigenvalue weighted by molar-refractivity contribution is 8.18. The first kappa shape index (κ1) is 20.6. The minimum absolute atomic E-state index is 0.196. The summed E-state index contributed by atoms with van der Waals surface area (Å²) < 4.78 is 53.0. The number of nitrogens with zero attached hydrogens (tertiary/aromatic N) is 1. The molecule has 0 atom stereocenters. The van der Waals surface area contributed by atoms with Crippen molar-refractivity contribution in [2.24, 2.45) is 0 Å². The predicted molar refractivity (Wildman–Crippen MR) is 97.7 cm³/mol. The summed E-state index contributed by atoms with van der Waals surface area (Å²) in [6, 6.07) is 9.07. The van der Waals surface area contributed by atoms with E-state index in [1.807, 2.05) is 0 Å². The molecule has 1 heterocycles. The van der Waals surface area contributed by atoms with Gasteiger partial charge in [0.25, 0.3) is 17.1 Å². The summed E-state index contributed by atoms with van der Waals surface area (Å²) in [6.07, 6.45) is 1.54. The first-order valence-electron chi connectivity index (χ1n) is 8.21. The summed E-state index contributed by atoms with van der Waals surface area (Å²) in [4.78, 5) is 37.4. The van der Waals surface area contributed by atoms with E-state index in [0.717, 1.165) is 22.2 Å². The fourth-order valence-electron chi connectivity index (χ4n) is 2.51. The van der Waals surface area contributed by atoms with E-state index in [4.69, 9.17) is 0 Å². The number of carbonyl (C=O) groups excluding carboxylic acids is 3. The molecule has 0 aliphatic carbocycles. The van der Waals surface area contributed by atoms with Crippen LogP contribution < -0.4 is 5.32 Å².